The van der Waals surface area contributed by atoms with Gasteiger partial charge in [-0.2, -0.15) is 10.2 Å². The first-order valence-electron chi connectivity index (χ1n) is 5.04. The highest BCUT2D eigenvalue weighted by molar-refractivity contribution is 5.30. The number of nitrogens with zero attached hydrogens (tertiary/aromatic N) is 2. The van der Waals surface area contributed by atoms with Crippen LogP contribution in [0.3, 0.4) is 0 Å². The van der Waals surface area contributed by atoms with E-state index in [1.807, 2.05) is 19.9 Å². The molecule has 0 aromatic carbocycles. The van der Waals surface area contributed by atoms with Gasteiger partial charge in [0.2, 0.25) is 0 Å². The molecule has 0 saturated heterocycles. The molecular weight excluding hydrogens is 188 g/mol. The molecule has 15 heavy (non-hydrogen) atoms. The quantitative estimate of drug-likeness (QED) is 0.444. The van der Waals surface area contributed by atoms with Crippen molar-refractivity contribution < 1.29 is 0 Å². The van der Waals surface area contributed by atoms with Crippen LogP contribution in [0.4, 0.5) is 0 Å². The molecule has 0 saturated carbocycles. The predicted octanol–water partition coefficient (Wildman–Crippen LogP) is 1.43. The van der Waals surface area contributed by atoms with Crippen LogP contribution in [0.15, 0.2) is 18.2 Å². The second kappa shape index (κ2) is 5.00. The van der Waals surface area contributed by atoms with Crippen molar-refractivity contribution in [2.24, 2.45) is 5.84 Å². The molecule has 82 valence electrons. The third-order valence-electron chi connectivity index (χ3n) is 2.33. The fraction of sp³-hybridized carbons (Fsp3) is 0.455. The summed E-state index contributed by atoms with van der Waals surface area (Å²) in [5.74, 6) is 5.52. The van der Waals surface area contributed by atoms with Crippen LogP contribution < -0.4 is 11.3 Å². The molecule has 0 spiro atoms. The molecule has 1 aromatic heterocycles. The van der Waals surface area contributed by atoms with Gasteiger partial charge in [0.15, 0.2) is 0 Å². The van der Waals surface area contributed by atoms with Gasteiger partial charge < -0.3 is 0 Å². The van der Waals surface area contributed by atoms with E-state index in [9.17, 15) is 0 Å². The lowest BCUT2D eigenvalue weighted by Gasteiger charge is -2.18. The summed E-state index contributed by atoms with van der Waals surface area (Å²) >= 11 is 0. The Labute approximate surface area is 90.6 Å². The first kappa shape index (κ1) is 11.8. The Morgan fingerprint density at radius 2 is 2.27 bits per heavy atom. The van der Waals surface area contributed by atoms with Crippen molar-refractivity contribution in [3.63, 3.8) is 0 Å². The number of rotatable bonds is 4. The van der Waals surface area contributed by atoms with E-state index in [0.29, 0.717) is 0 Å². The fourth-order valence-corrected chi connectivity index (χ4v) is 1.56. The van der Waals surface area contributed by atoms with Gasteiger partial charge in [0.25, 0.3) is 0 Å². The van der Waals surface area contributed by atoms with E-state index in [-0.39, 0.29) is 6.04 Å². The second-order valence-electron chi connectivity index (χ2n) is 3.69. The van der Waals surface area contributed by atoms with Crippen LogP contribution in [-0.2, 0) is 6.42 Å². The summed E-state index contributed by atoms with van der Waals surface area (Å²) in [5, 5.41) is 8.20. The van der Waals surface area contributed by atoms with E-state index in [2.05, 4.69) is 29.1 Å². The zero-order valence-corrected chi connectivity index (χ0v) is 9.54. The normalized spacial score (nSPS) is 12.5. The molecule has 0 fully saturated rings. The molecule has 0 aliphatic heterocycles. The van der Waals surface area contributed by atoms with Gasteiger partial charge in [-0.15, -0.1) is 0 Å². The maximum absolute atomic E-state index is 5.52. The van der Waals surface area contributed by atoms with Crippen LogP contribution >= 0.6 is 0 Å². The fourth-order valence-electron chi connectivity index (χ4n) is 1.56. The summed E-state index contributed by atoms with van der Waals surface area (Å²) in [7, 11) is 0. The molecule has 1 rings (SSSR count). The Balaban J connectivity index is 3.19. The molecule has 3 N–H and O–H groups in total. The van der Waals surface area contributed by atoms with Crippen LogP contribution in [0.25, 0.3) is 0 Å². The molecular formula is C11H18N4. The van der Waals surface area contributed by atoms with Crippen molar-refractivity contribution >= 4 is 0 Å². The van der Waals surface area contributed by atoms with E-state index in [1.54, 1.807) is 0 Å². The number of hydrogen-bond acceptors (Lipinski definition) is 4. The number of hydrazine groups is 1. The van der Waals surface area contributed by atoms with Crippen molar-refractivity contribution in [3.05, 3.63) is 35.2 Å². The van der Waals surface area contributed by atoms with E-state index < -0.39 is 0 Å². The Hall–Kier alpha value is -1.26. The second-order valence-corrected chi connectivity index (χ2v) is 3.69. The van der Waals surface area contributed by atoms with Gasteiger partial charge >= 0.3 is 0 Å². The topological polar surface area (TPSA) is 63.8 Å². The van der Waals surface area contributed by atoms with Crippen LogP contribution in [0, 0.1) is 6.92 Å². The van der Waals surface area contributed by atoms with Gasteiger partial charge in [-0.1, -0.05) is 19.1 Å². The molecule has 1 unspecified atom stereocenters. The molecule has 0 radical (unpaired) electrons. The minimum Gasteiger partial charge on any atom is -0.271 e. The van der Waals surface area contributed by atoms with Crippen LogP contribution in [0.1, 0.15) is 36.8 Å². The molecule has 0 aliphatic rings. The maximum Gasteiger partial charge on any atom is 0.0683 e. The van der Waals surface area contributed by atoms with Gasteiger partial charge in [-0.25, -0.2) is 5.43 Å². The number of nitrogens with two attached hydrogens (primary N) is 1. The van der Waals surface area contributed by atoms with Crippen LogP contribution in [0.5, 0.6) is 0 Å². The summed E-state index contributed by atoms with van der Waals surface area (Å²) < 4.78 is 0. The Bertz CT molecular complexity index is 360. The third kappa shape index (κ3) is 2.61. The molecule has 0 bridgehead atoms. The molecule has 0 amide bonds. The summed E-state index contributed by atoms with van der Waals surface area (Å²) in [5.41, 5.74) is 6.65. The highest BCUT2D eigenvalue weighted by atomic mass is 15.2. The van der Waals surface area contributed by atoms with E-state index in [0.717, 1.165) is 28.9 Å². The van der Waals surface area contributed by atoms with Gasteiger partial charge in [-0.05, 0) is 31.9 Å². The monoisotopic (exact) mass is 206 g/mol. The molecule has 4 heteroatoms. The van der Waals surface area contributed by atoms with E-state index in [4.69, 9.17) is 5.84 Å². The number of aromatic nitrogens is 2. The molecule has 4 nitrogen and oxygen atoms in total. The lowest BCUT2D eigenvalue weighted by Crippen LogP contribution is -2.29. The Morgan fingerprint density at radius 3 is 2.73 bits per heavy atom. The van der Waals surface area contributed by atoms with E-state index in [1.165, 1.54) is 0 Å². The lowest BCUT2D eigenvalue weighted by molar-refractivity contribution is 0.613. The zero-order valence-electron chi connectivity index (χ0n) is 9.54. The number of hydrogen-bond donors (Lipinski definition) is 2. The first-order valence-corrected chi connectivity index (χ1v) is 5.04. The van der Waals surface area contributed by atoms with Crippen molar-refractivity contribution in [1.29, 1.82) is 0 Å². The predicted molar refractivity (Wildman–Crippen MR) is 61.0 cm³/mol. The summed E-state index contributed by atoms with van der Waals surface area (Å²) in [4.78, 5) is 0. The number of nitrogens with one attached hydrogen (secondary N) is 1. The minimum atomic E-state index is -0.0471. The van der Waals surface area contributed by atoms with Gasteiger partial charge in [0.1, 0.15) is 0 Å². The zero-order chi connectivity index (χ0) is 11.4. The molecule has 0 aliphatic carbocycles. The highest BCUT2D eigenvalue weighted by Crippen LogP contribution is 2.22. The van der Waals surface area contributed by atoms with E-state index >= 15 is 0 Å². The van der Waals surface area contributed by atoms with Crippen molar-refractivity contribution in [2.45, 2.75) is 33.2 Å². The molecule has 1 heterocycles. The Morgan fingerprint density at radius 1 is 1.60 bits per heavy atom. The minimum absolute atomic E-state index is 0.0471. The average Bonchev–Trinajstić information content (AvgIpc) is 2.18. The van der Waals surface area contributed by atoms with Crippen molar-refractivity contribution in [3.8, 4) is 0 Å². The third-order valence-corrected chi connectivity index (χ3v) is 2.33. The summed E-state index contributed by atoms with van der Waals surface area (Å²) in [6.07, 6.45) is 0.841. The van der Waals surface area contributed by atoms with Gasteiger partial charge in [-0.3, -0.25) is 5.84 Å². The average molecular weight is 206 g/mol. The highest BCUT2D eigenvalue weighted by Gasteiger charge is 2.15. The van der Waals surface area contributed by atoms with Crippen molar-refractivity contribution in [2.75, 3.05) is 0 Å². The van der Waals surface area contributed by atoms with Crippen LogP contribution in [-0.4, -0.2) is 10.2 Å². The summed E-state index contributed by atoms with van der Waals surface area (Å²) in [6.45, 7) is 9.83. The SMILES string of the molecule is C=C(C)C(NN)c1cc(C)nnc1CC. The smallest absolute Gasteiger partial charge is 0.0683 e. The number of aryl methyl sites for hydroxylation is 2. The van der Waals surface area contributed by atoms with Crippen molar-refractivity contribution in [1.82, 2.24) is 15.6 Å². The van der Waals surface area contributed by atoms with Crippen LogP contribution in [0.2, 0.25) is 0 Å². The Kier molecular flexibility index (Phi) is 3.94. The summed E-state index contributed by atoms with van der Waals surface area (Å²) in [6, 6.07) is 1.96. The van der Waals surface area contributed by atoms with Gasteiger partial charge in [0.05, 0.1) is 17.4 Å². The molecule has 1 aromatic rings. The maximum atomic E-state index is 5.52. The molecule has 1 atom stereocenters. The first-order chi connectivity index (χ1) is 7.10. The van der Waals surface area contributed by atoms with Gasteiger partial charge in [0, 0.05) is 0 Å². The standard InChI is InChI=1S/C11H18N4/c1-5-10-9(6-8(4)14-15-10)11(13-12)7(2)3/h6,11,13H,2,5,12H2,1,3-4H3. The lowest BCUT2D eigenvalue weighted by atomic mass is 9.99. The largest absolute Gasteiger partial charge is 0.271 e.